The van der Waals surface area contributed by atoms with Gasteiger partial charge in [-0.15, -0.1) is 0 Å². The van der Waals surface area contributed by atoms with E-state index in [0.29, 0.717) is 0 Å². The number of hydrogen-bond acceptors (Lipinski definition) is 2. The topological polar surface area (TPSA) is 45.4 Å². The van der Waals surface area contributed by atoms with Gasteiger partial charge in [0.05, 0.1) is 7.11 Å². The number of rotatable bonds is 2. The van der Waals surface area contributed by atoms with Crippen molar-refractivity contribution in [2.24, 2.45) is 4.99 Å². The highest BCUT2D eigenvalue weighted by atomic mass is 16.5. The Hall–Kier alpha value is -0.860. The summed E-state index contributed by atoms with van der Waals surface area (Å²) in [5.41, 5.74) is 0. The van der Waals surface area contributed by atoms with Crippen molar-refractivity contribution in [3.63, 3.8) is 0 Å². The SMILES string of the molecule is COC=NC=N. The van der Waals surface area contributed by atoms with Crippen LogP contribution < -0.4 is 0 Å². The molecular formula is C3H6N2O. The average molecular weight is 86.1 g/mol. The van der Waals surface area contributed by atoms with Crippen LogP contribution in [0.4, 0.5) is 0 Å². The fourth-order valence-electron chi connectivity index (χ4n) is 0.0913. The van der Waals surface area contributed by atoms with E-state index in [1.54, 1.807) is 0 Å². The highest BCUT2D eigenvalue weighted by Crippen LogP contribution is 1.51. The first-order valence-electron chi connectivity index (χ1n) is 1.45. The largest absolute Gasteiger partial charge is 0.486 e. The van der Waals surface area contributed by atoms with Gasteiger partial charge >= 0.3 is 0 Å². The van der Waals surface area contributed by atoms with Crippen LogP contribution in [-0.4, -0.2) is 19.8 Å². The van der Waals surface area contributed by atoms with Gasteiger partial charge in [0.15, 0.2) is 6.40 Å². The van der Waals surface area contributed by atoms with Crippen molar-refractivity contribution < 1.29 is 4.74 Å². The van der Waals surface area contributed by atoms with Crippen molar-refractivity contribution in [1.82, 2.24) is 0 Å². The molecular weight excluding hydrogens is 80.0 g/mol. The van der Waals surface area contributed by atoms with Crippen molar-refractivity contribution in [2.75, 3.05) is 7.11 Å². The van der Waals surface area contributed by atoms with Crippen LogP contribution in [-0.2, 0) is 4.74 Å². The van der Waals surface area contributed by atoms with Gasteiger partial charge in [-0.25, -0.2) is 4.99 Å². The zero-order valence-electron chi connectivity index (χ0n) is 3.51. The number of nitrogens with one attached hydrogen (secondary N) is 1. The predicted octanol–water partition coefficient (Wildman–Crippen LogP) is 0.268. The first-order valence-corrected chi connectivity index (χ1v) is 1.45. The fraction of sp³-hybridized carbons (Fsp3) is 0.333. The van der Waals surface area contributed by atoms with Crippen molar-refractivity contribution in [1.29, 1.82) is 5.41 Å². The first-order chi connectivity index (χ1) is 2.91. The van der Waals surface area contributed by atoms with Crippen LogP contribution in [0.15, 0.2) is 4.99 Å². The molecule has 0 rings (SSSR count). The van der Waals surface area contributed by atoms with Crippen LogP contribution in [0.3, 0.4) is 0 Å². The monoisotopic (exact) mass is 86.0 g/mol. The second-order valence-corrected chi connectivity index (χ2v) is 0.619. The highest BCUT2D eigenvalue weighted by Gasteiger charge is 1.52. The Bertz CT molecular complexity index is 59.8. The zero-order valence-corrected chi connectivity index (χ0v) is 3.51. The molecule has 0 heterocycles. The molecule has 0 bridgehead atoms. The van der Waals surface area contributed by atoms with Gasteiger partial charge in [-0.2, -0.15) is 0 Å². The Morgan fingerprint density at radius 1 is 1.83 bits per heavy atom. The minimum Gasteiger partial charge on any atom is -0.486 e. The lowest BCUT2D eigenvalue weighted by molar-refractivity contribution is 0.423. The minimum atomic E-state index is 0.906. The molecule has 3 heteroatoms. The van der Waals surface area contributed by atoms with E-state index in [-0.39, 0.29) is 0 Å². The standard InChI is InChI=1S/C3H6N2O/c1-6-3-5-2-4/h2-4H,1H3. The van der Waals surface area contributed by atoms with E-state index in [4.69, 9.17) is 5.41 Å². The third-order valence-corrected chi connectivity index (χ3v) is 0.241. The molecule has 0 radical (unpaired) electrons. The lowest BCUT2D eigenvalue weighted by Gasteiger charge is -1.76. The van der Waals surface area contributed by atoms with E-state index in [1.807, 2.05) is 0 Å². The molecule has 3 nitrogen and oxygen atoms in total. The van der Waals surface area contributed by atoms with Crippen molar-refractivity contribution in [3.05, 3.63) is 0 Å². The maximum absolute atomic E-state index is 6.30. The molecule has 0 aromatic rings. The Labute approximate surface area is 36.2 Å². The fourth-order valence-corrected chi connectivity index (χ4v) is 0.0913. The van der Waals surface area contributed by atoms with Gasteiger partial charge in [0.2, 0.25) is 0 Å². The van der Waals surface area contributed by atoms with Crippen molar-refractivity contribution >= 4 is 12.7 Å². The molecule has 34 valence electrons. The lowest BCUT2D eigenvalue weighted by Crippen LogP contribution is -1.73. The molecule has 0 fully saturated rings. The number of hydrogen-bond donors (Lipinski definition) is 1. The summed E-state index contributed by atoms with van der Waals surface area (Å²) in [6.07, 6.45) is 2.09. The maximum atomic E-state index is 6.30. The number of nitrogens with zero attached hydrogens (tertiary/aromatic N) is 1. The predicted molar refractivity (Wildman–Crippen MR) is 24.3 cm³/mol. The van der Waals surface area contributed by atoms with Gasteiger partial charge in [0.1, 0.15) is 6.34 Å². The third-order valence-electron chi connectivity index (χ3n) is 0.241. The first kappa shape index (κ1) is 5.14. The van der Waals surface area contributed by atoms with Crippen LogP contribution >= 0.6 is 0 Å². The quantitative estimate of drug-likeness (QED) is 0.380. The molecule has 0 aliphatic carbocycles. The second-order valence-electron chi connectivity index (χ2n) is 0.619. The molecule has 0 spiro atoms. The molecule has 0 aromatic heterocycles. The van der Waals surface area contributed by atoms with Gasteiger partial charge in [0.25, 0.3) is 0 Å². The Balaban J connectivity index is 2.94. The van der Waals surface area contributed by atoms with Crippen LogP contribution in [0.2, 0.25) is 0 Å². The molecule has 0 saturated carbocycles. The van der Waals surface area contributed by atoms with Gasteiger partial charge < -0.3 is 4.74 Å². The number of methoxy groups -OCH3 is 1. The minimum absolute atomic E-state index is 0.906. The summed E-state index contributed by atoms with van der Waals surface area (Å²) >= 11 is 0. The molecule has 0 saturated heterocycles. The van der Waals surface area contributed by atoms with E-state index in [2.05, 4.69) is 9.73 Å². The molecule has 0 aromatic carbocycles. The van der Waals surface area contributed by atoms with Crippen molar-refractivity contribution in [2.45, 2.75) is 0 Å². The van der Waals surface area contributed by atoms with Crippen LogP contribution in [0.5, 0.6) is 0 Å². The Morgan fingerprint density at radius 2 is 2.50 bits per heavy atom. The van der Waals surface area contributed by atoms with E-state index in [1.165, 1.54) is 13.5 Å². The summed E-state index contributed by atoms with van der Waals surface area (Å²) in [7, 11) is 1.48. The molecule has 0 aliphatic heterocycles. The lowest BCUT2D eigenvalue weighted by atomic mass is 11.2. The summed E-state index contributed by atoms with van der Waals surface area (Å²) in [6.45, 7) is 0. The van der Waals surface area contributed by atoms with E-state index in [0.717, 1.165) is 6.34 Å². The molecule has 6 heavy (non-hydrogen) atoms. The third kappa shape index (κ3) is 3.14. The van der Waals surface area contributed by atoms with Crippen LogP contribution in [0.25, 0.3) is 0 Å². The summed E-state index contributed by atoms with van der Waals surface area (Å²) in [4.78, 5) is 3.28. The van der Waals surface area contributed by atoms with E-state index >= 15 is 0 Å². The van der Waals surface area contributed by atoms with E-state index in [9.17, 15) is 0 Å². The molecule has 0 unspecified atom stereocenters. The number of ether oxygens (including phenoxy) is 1. The normalized spacial score (nSPS) is 8.83. The average Bonchev–Trinajstić information content (AvgIpc) is 1.61. The van der Waals surface area contributed by atoms with Crippen LogP contribution in [0.1, 0.15) is 0 Å². The van der Waals surface area contributed by atoms with Gasteiger partial charge in [-0.1, -0.05) is 0 Å². The van der Waals surface area contributed by atoms with Crippen molar-refractivity contribution in [3.8, 4) is 0 Å². The molecule has 0 atom stereocenters. The smallest absolute Gasteiger partial charge is 0.175 e. The zero-order chi connectivity index (χ0) is 4.83. The van der Waals surface area contributed by atoms with Gasteiger partial charge in [-0.05, 0) is 0 Å². The summed E-state index contributed by atoms with van der Waals surface area (Å²) in [6, 6.07) is 0. The maximum Gasteiger partial charge on any atom is 0.175 e. The Morgan fingerprint density at radius 3 is 2.67 bits per heavy atom. The summed E-state index contributed by atoms with van der Waals surface area (Å²) < 4.78 is 4.34. The highest BCUT2D eigenvalue weighted by molar-refractivity contribution is 5.65. The summed E-state index contributed by atoms with van der Waals surface area (Å²) in [5.74, 6) is 0. The molecule has 1 N–H and O–H groups in total. The van der Waals surface area contributed by atoms with Gasteiger partial charge in [-0.3, -0.25) is 5.41 Å². The van der Waals surface area contributed by atoms with Crippen LogP contribution in [0, 0.1) is 5.41 Å². The van der Waals surface area contributed by atoms with Gasteiger partial charge in [0, 0.05) is 0 Å². The second kappa shape index (κ2) is 4.14. The molecule has 0 amide bonds. The summed E-state index contributed by atoms with van der Waals surface area (Å²) in [5, 5.41) is 6.30. The number of aliphatic imine (C=N–C) groups is 1. The Kier molecular flexibility index (Phi) is 3.55. The molecule has 0 aliphatic rings. The van der Waals surface area contributed by atoms with E-state index < -0.39 is 0 Å².